The molecule has 2 rings (SSSR count). The molecule has 2 aromatic carbocycles. The Morgan fingerprint density at radius 2 is 1.77 bits per heavy atom. The van der Waals surface area contributed by atoms with Crippen LogP contribution < -0.4 is 20.1 Å². The lowest BCUT2D eigenvalue weighted by Crippen LogP contribution is -2.36. The predicted octanol–water partition coefficient (Wildman–Crippen LogP) is 3.63. The quantitative estimate of drug-likeness (QED) is 0.382. The summed E-state index contributed by atoms with van der Waals surface area (Å²) in [5.74, 6) is 1.95. The number of aliphatic imine (C=N–C) groups is 1. The molecule has 2 aromatic rings. The second kappa shape index (κ2) is 10.8. The summed E-state index contributed by atoms with van der Waals surface area (Å²) < 4.78 is 23.9. The van der Waals surface area contributed by atoms with Crippen molar-refractivity contribution < 1.29 is 13.9 Å². The van der Waals surface area contributed by atoms with Gasteiger partial charge in [-0.05, 0) is 36.2 Å². The van der Waals surface area contributed by atoms with Crippen molar-refractivity contribution in [1.29, 1.82) is 0 Å². The summed E-state index contributed by atoms with van der Waals surface area (Å²) in [5, 5.41) is 6.45. The van der Waals surface area contributed by atoms with Gasteiger partial charge in [-0.15, -0.1) is 24.0 Å². The molecule has 0 unspecified atom stereocenters. The van der Waals surface area contributed by atoms with Gasteiger partial charge in [0.05, 0.1) is 14.2 Å². The average Bonchev–Trinajstić information content (AvgIpc) is 2.64. The first kappa shape index (κ1) is 22.0. The molecule has 26 heavy (non-hydrogen) atoms. The monoisotopic (exact) mass is 473 g/mol. The van der Waals surface area contributed by atoms with Crippen molar-refractivity contribution in [3.05, 3.63) is 58.9 Å². The van der Waals surface area contributed by atoms with Crippen LogP contribution >= 0.6 is 24.0 Å². The molecule has 0 radical (unpaired) electrons. The second-order valence-electron chi connectivity index (χ2n) is 5.54. The summed E-state index contributed by atoms with van der Waals surface area (Å²) in [4.78, 5) is 4.20. The molecule has 0 atom stereocenters. The third kappa shape index (κ3) is 6.05. The molecule has 0 amide bonds. The lowest BCUT2D eigenvalue weighted by atomic mass is 10.1. The number of nitrogens with zero attached hydrogens (tertiary/aromatic N) is 1. The summed E-state index contributed by atoms with van der Waals surface area (Å²) in [6.07, 6.45) is 0. The fourth-order valence-electron chi connectivity index (χ4n) is 2.40. The van der Waals surface area contributed by atoms with Gasteiger partial charge in [-0.3, -0.25) is 4.99 Å². The Morgan fingerprint density at radius 3 is 2.38 bits per heavy atom. The predicted molar refractivity (Wildman–Crippen MR) is 113 cm³/mol. The van der Waals surface area contributed by atoms with Crippen LogP contribution in [0.25, 0.3) is 0 Å². The van der Waals surface area contributed by atoms with Gasteiger partial charge < -0.3 is 20.1 Å². The van der Waals surface area contributed by atoms with Gasteiger partial charge >= 0.3 is 0 Å². The number of guanidine groups is 1. The molecule has 0 saturated heterocycles. The highest BCUT2D eigenvalue weighted by Crippen LogP contribution is 2.24. The van der Waals surface area contributed by atoms with Crippen LogP contribution in [-0.2, 0) is 13.1 Å². The molecule has 2 N–H and O–H groups in total. The van der Waals surface area contributed by atoms with E-state index in [1.807, 2.05) is 24.3 Å². The largest absolute Gasteiger partial charge is 0.497 e. The molecule has 142 valence electrons. The molecule has 0 bridgehead atoms. The van der Waals surface area contributed by atoms with E-state index in [2.05, 4.69) is 15.6 Å². The van der Waals surface area contributed by atoms with Crippen LogP contribution in [0.1, 0.15) is 16.7 Å². The fraction of sp³-hybridized carbons (Fsp3) is 0.316. The summed E-state index contributed by atoms with van der Waals surface area (Å²) in [6.45, 7) is 2.86. The molecule has 5 nitrogen and oxygen atoms in total. The smallest absolute Gasteiger partial charge is 0.191 e. The zero-order valence-electron chi connectivity index (χ0n) is 15.4. The van der Waals surface area contributed by atoms with Crippen molar-refractivity contribution in [2.75, 3.05) is 21.3 Å². The van der Waals surface area contributed by atoms with Crippen molar-refractivity contribution in [2.24, 2.45) is 4.99 Å². The number of rotatable bonds is 6. The van der Waals surface area contributed by atoms with E-state index in [1.165, 1.54) is 6.07 Å². The van der Waals surface area contributed by atoms with Crippen molar-refractivity contribution in [3.63, 3.8) is 0 Å². The highest BCUT2D eigenvalue weighted by molar-refractivity contribution is 14.0. The lowest BCUT2D eigenvalue weighted by Gasteiger charge is -2.14. The van der Waals surface area contributed by atoms with E-state index in [0.29, 0.717) is 24.6 Å². The van der Waals surface area contributed by atoms with Crippen LogP contribution in [-0.4, -0.2) is 27.2 Å². The third-order valence-electron chi connectivity index (χ3n) is 3.85. The summed E-state index contributed by atoms with van der Waals surface area (Å²) >= 11 is 0. The topological polar surface area (TPSA) is 54.9 Å². The number of hydrogen-bond donors (Lipinski definition) is 2. The Hall–Kier alpha value is -2.03. The number of benzene rings is 2. The van der Waals surface area contributed by atoms with Crippen molar-refractivity contribution in [1.82, 2.24) is 10.6 Å². The first-order valence-electron chi connectivity index (χ1n) is 7.97. The average molecular weight is 473 g/mol. The van der Waals surface area contributed by atoms with Gasteiger partial charge in [-0.2, -0.15) is 0 Å². The van der Waals surface area contributed by atoms with Gasteiger partial charge in [0, 0.05) is 31.8 Å². The first-order chi connectivity index (χ1) is 12.1. The van der Waals surface area contributed by atoms with Gasteiger partial charge in [-0.25, -0.2) is 4.39 Å². The minimum atomic E-state index is -0.196. The van der Waals surface area contributed by atoms with E-state index in [4.69, 9.17) is 9.47 Å². The lowest BCUT2D eigenvalue weighted by molar-refractivity contribution is 0.390. The summed E-state index contributed by atoms with van der Waals surface area (Å²) in [6, 6.07) is 10.7. The van der Waals surface area contributed by atoms with Gasteiger partial charge in [0.2, 0.25) is 0 Å². The van der Waals surface area contributed by atoms with E-state index in [9.17, 15) is 4.39 Å². The van der Waals surface area contributed by atoms with Crippen molar-refractivity contribution in [3.8, 4) is 11.5 Å². The zero-order valence-corrected chi connectivity index (χ0v) is 17.8. The molecule has 0 saturated carbocycles. The van der Waals surface area contributed by atoms with Crippen LogP contribution in [0, 0.1) is 12.7 Å². The number of hydrogen-bond acceptors (Lipinski definition) is 3. The number of methoxy groups -OCH3 is 2. The molecular weight excluding hydrogens is 448 g/mol. The number of halogens is 2. The normalized spacial score (nSPS) is 10.7. The first-order valence-corrected chi connectivity index (χ1v) is 7.97. The van der Waals surface area contributed by atoms with Crippen LogP contribution in [0.2, 0.25) is 0 Å². The Kier molecular flexibility index (Phi) is 9.18. The van der Waals surface area contributed by atoms with Gasteiger partial charge in [0.15, 0.2) is 5.96 Å². The van der Waals surface area contributed by atoms with Gasteiger partial charge in [0.1, 0.15) is 17.3 Å². The second-order valence-corrected chi connectivity index (χ2v) is 5.54. The van der Waals surface area contributed by atoms with Gasteiger partial charge in [0.25, 0.3) is 0 Å². The number of ether oxygens (including phenoxy) is 2. The maximum absolute atomic E-state index is 13.3. The molecule has 0 aliphatic rings. The van der Waals surface area contributed by atoms with Crippen molar-refractivity contribution >= 4 is 29.9 Å². The van der Waals surface area contributed by atoms with Crippen LogP contribution in [0.5, 0.6) is 11.5 Å². The van der Waals surface area contributed by atoms with Crippen LogP contribution in [0.4, 0.5) is 4.39 Å². The van der Waals surface area contributed by atoms with Gasteiger partial charge in [-0.1, -0.05) is 12.1 Å². The third-order valence-corrected chi connectivity index (χ3v) is 3.85. The number of nitrogens with one attached hydrogen (secondary N) is 2. The molecule has 0 heterocycles. The molecule has 0 aromatic heterocycles. The number of aryl methyl sites for hydroxylation is 1. The van der Waals surface area contributed by atoms with E-state index in [0.717, 1.165) is 22.6 Å². The minimum absolute atomic E-state index is 0. The summed E-state index contributed by atoms with van der Waals surface area (Å²) in [5.41, 5.74) is 2.61. The maximum atomic E-state index is 13.3. The SMILES string of the molecule is CN=C(NCc1ccc(F)c(C)c1)NCc1ccc(OC)cc1OC.I. The van der Waals surface area contributed by atoms with E-state index in [-0.39, 0.29) is 29.8 Å². The van der Waals surface area contributed by atoms with Crippen LogP contribution in [0.15, 0.2) is 41.4 Å². The van der Waals surface area contributed by atoms with Crippen LogP contribution in [0.3, 0.4) is 0 Å². The maximum Gasteiger partial charge on any atom is 0.191 e. The van der Waals surface area contributed by atoms with Crippen molar-refractivity contribution in [2.45, 2.75) is 20.0 Å². The molecule has 0 spiro atoms. The van der Waals surface area contributed by atoms with E-state index in [1.54, 1.807) is 34.3 Å². The molecular formula is C19H25FIN3O2. The molecule has 0 aliphatic carbocycles. The molecule has 7 heteroatoms. The highest BCUT2D eigenvalue weighted by atomic mass is 127. The Labute approximate surface area is 171 Å². The minimum Gasteiger partial charge on any atom is -0.497 e. The fourth-order valence-corrected chi connectivity index (χ4v) is 2.40. The summed E-state index contributed by atoms with van der Waals surface area (Å²) in [7, 11) is 4.95. The molecule has 0 aliphatic heterocycles. The Bertz CT molecular complexity index is 754. The Morgan fingerprint density at radius 1 is 1.04 bits per heavy atom. The van der Waals surface area contributed by atoms with E-state index >= 15 is 0 Å². The Balaban J connectivity index is 0.00000338. The standard InChI is InChI=1S/C19H24FN3O2.HI/c1-13-9-14(5-8-17(13)20)11-22-19(21-2)23-12-15-6-7-16(24-3)10-18(15)25-4;/h5-10H,11-12H2,1-4H3,(H2,21,22,23);1H. The zero-order chi connectivity index (χ0) is 18.2. The van der Waals surface area contributed by atoms with E-state index < -0.39 is 0 Å². The highest BCUT2D eigenvalue weighted by Gasteiger charge is 2.06. The molecule has 0 fully saturated rings.